The first-order valence-corrected chi connectivity index (χ1v) is 5.89. The van der Waals surface area contributed by atoms with Gasteiger partial charge in [0.2, 0.25) is 0 Å². The predicted molar refractivity (Wildman–Crippen MR) is 66.5 cm³/mol. The lowest BCUT2D eigenvalue weighted by Gasteiger charge is -2.13. The molecule has 7 nitrogen and oxygen atoms in total. The van der Waals surface area contributed by atoms with Gasteiger partial charge in [0.25, 0.3) is 5.91 Å². The highest BCUT2D eigenvalue weighted by Crippen LogP contribution is 2.05. The maximum absolute atomic E-state index is 12.1. The second kappa shape index (κ2) is 5.47. The van der Waals surface area contributed by atoms with Crippen molar-refractivity contribution in [3.63, 3.8) is 0 Å². The van der Waals surface area contributed by atoms with Crippen molar-refractivity contribution in [2.75, 3.05) is 6.61 Å². The molecule has 0 radical (unpaired) electrons. The number of esters is 1. The molecule has 0 aromatic carbocycles. The van der Waals surface area contributed by atoms with Crippen LogP contribution >= 0.6 is 0 Å². The highest BCUT2D eigenvalue weighted by atomic mass is 16.5. The molecule has 2 rings (SSSR count). The van der Waals surface area contributed by atoms with Crippen LogP contribution in [-0.4, -0.2) is 39.1 Å². The lowest BCUT2D eigenvalue weighted by molar-refractivity contribution is -0.144. The summed E-state index contributed by atoms with van der Waals surface area (Å²) < 4.78 is 6.38. The van der Waals surface area contributed by atoms with Crippen molar-refractivity contribution >= 4 is 17.5 Å². The molecular formula is C12H14N4O3. The maximum Gasteiger partial charge on any atom is 0.328 e. The molecule has 2 aromatic heterocycles. The molecular weight excluding hydrogens is 248 g/mol. The second-order valence-corrected chi connectivity index (χ2v) is 3.92. The standard InChI is InChI=1S/C12H14N4O3/c1-3-19-12(18)8(2)14-11(17)9-5-4-6-10-15-13-7-16(9)10/h4-8H,3H2,1-2H3,(H,14,17)/t8-/m0/s1. The monoisotopic (exact) mass is 262 g/mol. The number of pyridine rings is 1. The van der Waals surface area contributed by atoms with E-state index in [0.29, 0.717) is 11.3 Å². The predicted octanol–water partition coefficient (Wildman–Crippen LogP) is 0.411. The van der Waals surface area contributed by atoms with Gasteiger partial charge >= 0.3 is 5.97 Å². The summed E-state index contributed by atoms with van der Waals surface area (Å²) in [5.74, 6) is -0.849. The molecule has 7 heteroatoms. The fourth-order valence-corrected chi connectivity index (χ4v) is 1.63. The quantitative estimate of drug-likeness (QED) is 0.807. The number of amides is 1. The largest absolute Gasteiger partial charge is 0.464 e. The molecule has 0 fully saturated rings. The molecule has 0 bridgehead atoms. The van der Waals surface area contributed by atoms with Crippen molar-refractivity contribution in [3.8, 4) is 0 Å². The highest BCUT2D eigenvalue weighted by molar-refractivity contribution is 5.95. The number of nitrogens with zero attached hydrogens (tertiary/aromatic N) is 3. The van der Waals surface area contributed by atoms with Crippen molar-refractivity contribution in [3.05, 3.63) is 30.2 Å². The zero-order valence-electron chi connectivity index (χ0n) is 10.7. The van der Waals surface area contributed by atoms with Gasteiger partial charge in [-0.1, -0.05) is 6.07 Å². The molecule has 100 valence electrons. The van der Waals surface area contributed by atoms with E-state index >= 15 is 0 Å². The highest BCUT2D eigenvalue weighted by Gasteiger charge is 2.19. The minimum Gasteiger partial charge on any atom is -0.464 e. The third-order valence-electron chi connectivity index (χ3n) is 2.55. The molecule has 0 spiro atoms. The van der Waals surface area contributed by atoms with E-state index in [-0.39, 0.29) is 12.5 Å². The van der Waals surface area contributed by atoms with Crippen molar-refractivity contribution in [2.45, 2.75) is 19.9 Å². The molecule has 19 heavy (non-hydrogen) atoms. The van der Waals surface area contributed by atoms with E-state index in [4.69, 9.17) is 4.74 Å². The van der Waals surface area contributed by atoms with Gasteiger partial charge in [-0.3, -0.25) is 9.20 Å². The van der Waals surface area contributed by atoms with Crippen LogP contribution in [0.4, 0.5) is 0 Å². The summed E-state index contributed by atoms with van der Waals surface area (Å²) in [5, 5.41) is 10.1. The Kier molecular flexibility index (Phi) is 3.74. The van der Waals surface area contributed by atoms with Crippen LogP contribution in [0.5, 0.6) is 0 Å². The van der Waals surface area contributed by atoms with Crippen LogP contribution in [0.3, 0.4) is 0 Å². The average Bonchev–Trinajstić information content (AvgIpc) is 2.86. The van der Waals surface area contributed by atoms with Crippen molar-refractivity contribution in [1.82, 2.24) is 19.9 Å². The van der Waals surface area contributed by atoms with Gasteiger partial charge in [0.1, 0.15) is 18.1 Å². The first kappa shape index (κ1) is 13.0. The minimum absolute atomic E-state index is 0.278. The maximum atomic E-state index is 12.1. The van der Waals surface area contributed by atoms with Gasteiger partial charge in [0.05, 0.1) is 6.61 Å². The summed E-state index contributed by atoms with van der Waals surface area (Å²) in [6, 6.07) is 4.36. The van der Waals surface area contributed by atoms with Crippen molar-refractivity contribution in [1.29, 1.82) is 0 Å². The van der Waals surface area contributed by atoms with Crippen LogP contribution in [0, 0.1) is 0 Å². The Bertz CT molecular complexity index is 608. The van der Waals surface area contributed by atoms with Gasteiger partial charge in [-0.2, -0.15) is 0 Å². The Labute approximate surface area is 109 Å². The van der Waals surface area contributed by atoms with Crippen molar-refractivity contribution < 1.29 is 14.3 Å². The summed E-state index contributed by atoms with van der Waals surface area (Å²) >= 11 is 0. The lowest BCUT2D eigenvalue weighted by atomic mass is 10.3. The number of nitrogens with one attached hydrogen (secondary N) is 1. The molecule has 1 amide bonds. The van der Waals surface area contributed by atoms with Crippen LogP contribution < -0.4 is 5.32 Å². The van der Waals surface area contributed by atoms with E-state index in [0.717, 1.165) is 0 Å². The SMILES string of the molecule is CCOC(=O)[C@H](C)NC(=O)c1cccc2nncn12. The van der Waals surface area contributed by atoms with E-state index in [9.17, 15) is 9.59 Å². The first-order valence-electron chi connectivity index (χ1n) is 5.89. The number of hydrogen-bond donors (Lipinski definition) is 1. The smallest absolute Gasteiger partial charge is 0.328 e. The molecule has 0 aliphatic heterocycles. The molecule has 0 unspecified atom stereocenters. The molecule has 2 heterocycles. The van der Waals surface area contributed by atoms with Gasteiger partial charge in [-0.15, -0.1) is 10.2 Å². The van der Waals surface area contributed by atoms with Gasteiger partial charge in [0.15, 0.2) is 5.65 Å². The Morgan fingerprint density at radius 1 is 1.47 bits per heavy atom. The second-order valence-electron chi connectivity index (χ2n) is 3.92. The Balaban J connectivity index is 2.16. The normalized spacial score (nSPS) is 12.1. The number of fused-ring (bicyclic) bond motifs is 1. The van der Waals surface area contributed by atoms with Crippen LogP contribution in [0.1, 0.15) is 24.3 Å². The summed E-state index contributed by atoms with van der Waals surface area (Å²) in [5.41, 5.74) is 0.926. The van der Waals surface area contributed by atoms with Gasteiger partial charge < -0.3 is 10.1 Å². The Hall–Kier alpha value is -2.44. The van der Waals surface area contributed by atoms with Gasteiger partial charge in [-0.05, 0) is 26.0 Å². The van der Waals surface area contributed by atoms with Gasteiger partial charge in [0, 0.05) is 0 Å². The Morgan fingerprint density at radius 3 is 3.00 bits per heavy atom. The van der Waals surface area contributed by atoms with Crippen LogP contribution in [0.25, 0.3) is 5.65 Å². The number of ether oxygens (including phenoxy) is 1. The Morgan fingerprint density at radius 2 is 2.26 bits per heavy atom. The molecule has 1 N–H and O–H groups in total. The number of aromatic nitrogens is 3. The number of rotatable bonds is 4. The summed E-state index contributed by atoms with van der Waals surface area (Å²) in [6.45, 7) is 3.56. The van der Waals surface area contributed by atoms with E-state index in [1.54, 1.807) is 36.4 Å². The molecule has 0 aliphatic carbocycles. The lowest BCUT2D eigenvalue weighted by Crippen LogP contribution is -2.40. The molecule has 0 saturated heterocycles. The van der Waals surface area contributed by atoms with Crippen LogP contribution in [0.15, 0.2) is 24.5 Å². The van der Waals surface area contributed by atoms with E-state index < -0.39 is 12.0 Å². The number of carbonyl (C=O) groups is 2. The fraction of sp³-hybridized carbons (Fsp3) is 0.333. The third kappa shape index (κ3) is 2.70. The molecule has 0 saturated carbocycles. The van der Waals surface area contributed by atoms with E-state index in [1.165, 1.54) is 6.33 Å². The minimum atomic E-state index is -0.709. The molecule has 1 atom stereocenters. The topological polar surface area (TPSA) is 85.6 Å². The van der Waals surface area contributed by atoms with Crippen molar-refractivity contribution in [2.24, 2.45) is 0 Å². The van der Waals surface area contributed by atoms with Gasteiger partial charge in [-0.25, -0.2) is 4.79 Å². The van der Waals surface area contributed by atoms with E-state index in [2.05, 4.69) is 15.5 Å². The zero-order chi connectivity index (χ0) is 13.8. The fourth-order valence-electron chi connectivity index (χ4n) is 1.63. The number of carbonyl (C=O) groups excluding carboxylic acids is 2. The van der Waals surface area contributed by atoms with Crippen LogP contribution in [-0.2, 0) is 9.53 Å². The first-order chi connectivity index (χ1) is 9.13. The summed E-state index contributed by atoms with van der Waals surface area (Å²) in [6.07, 6.45) is 1.44. The molecule has 2 aromatic rings. The molecule has 0 aliphatic rings. The number of hydrogen-bond acceptors (Lipinski definition) is 5. The van der Waals surface area contributed by atoms with Crippen LogP contribution in [0.2, 0.25) is 0 Å². The summed E-state index contributed by atoms with van der Waals surface area (Å²) in [4.78, 5) is 23.5. The zero-order valence-corrected chi connectivity index (χ0v) is 10.7. The van der Waals surface area contributed by atoms with E-state index in [1.807, 2.05) is 0 Å². The summed E-state index contributed by atoms with van der Waals surface area (Å²) in [7, 11) is 0. The average molecular weight is 262 g/mol. The third-order valence-corrected chi connectivity index (χ3v) is 2.55.